The molecule has 0 spiro atoms. The van der Waals surface area contributed by atoms with Crippen LogP contribution in [0.2, 0.25) is 0 Å². The summed E-state index contributed by atoms with van der Waals surface area (Å²) in [5.41, 5.74) is 1.52. The van der Waals surface area contributed by atoms with Crippen LogP contribution < -0.4 is 5.32 Å². The van der Waals surface area contributed by atoms with Gasteiger partial charge in [0.15, 0.2) is 0 Å². The van der Waals surface area contributed by atoms with Crippen molar-refractivity contribution < 1.29 is 5.11 Å². The minimum absolute atomic E-state index is 0.367. The predicted octanol–water partition coefficient (Wildman–Crippen LogP) is 1.43. The molecule has 96 valence electrons. The molecule has 18 heavy (non-hydrogen) atoms. The van der Waals surface area contributed by atoms with Gasteiger partial charge in [-0.1, -0.05) is 6.07 Å². The molecule has 4 nitrogen and oxygen atoms in total. The zero-order chi connectivity index (χ0) is 12.8. The standard InChI is InChI=1S/C14H19N3O/c15-9-12-4-3-5-13(8-12)16-10-14(18)11-17-6-1-2-7-17/h3-5,8,14,16,18H,1-2,6-7,10-11H2. The van der Waals surface area contributed by atoms with Gasteiger partial charge in [0.1, 0.15) is 0 Å². The fraction of sp³-hybridized carbons (Fsp3) is 0.500. The Morgan fingerprint density at radius 1 is 1.39 bits per heavy atom. The van der Waals surface area contributed by atoms with Gasteiger partial charge < -0.3 is 15.3 Å². The largest absolute Gasteiger partial charge is 0.390 e. The molecule has 1 aromatic carbocycles. The first-order valence-electron chi connectivity index (χ1n) is 6.42. The number of likely N-dealkylation sites (tertiary alicyclic amines) is 1. The van der Waals surface area contributed by atoms with E-state index in [-0.39, 0.29) is 6.10 Å². The van der Waals surface area contributed by atoms with Crippen LogP contribution in [0, 0.1) is 11.3 Å². The van der Waals surface area contributed by atoms with E-state index in [9.17, 15) is 5.11 Å². The van der Waals surface area contributed by atoms with E-state index in [1.807, 2.05) is 12.1 Å². The van der Waals surface area contributed by atoms with Crippen molar-refractivity contribution >= 4 is 5.69 Å². The summed E-state index contributed by atoms with van der Waals surface area (Å²) >= 11 is 0. The number of hydrogen-bond donors (Lipinski definition) is 2. The Bertz CT molecular complexity index is 421. The first-order valence-corrected chi connectivity index (χ1v) is 6.42. The number of rotatable bonds is 5. The highest BCUT2D eigenvalue weighted by molar-refractivity contribution is 5.49. The van der Waals surface area contributed by atoms with Crippen LogP contribution in [-0.4, -0.2) is 42.3 Å². The number of hydrogen-bond acceptors (Lipinski definition) is 4. The zero-order valence-electron chi connectivity index (χ0n) is 10.5. The van der Waals surface area contributed by atoms with Crippen molar-refractivity contribution in [2.75, 3.05) is 31.5 Å². The maximum Gasteiger partial charge on any atom is 0.0992 e. The quantitative estimate of drug-likeness (QED) is 0.824. The Hall–Kier alpha value is -1.57. The summed E-state index contributed by atoms with van der Waals surface area (Å²) in [6.07, 6.45) is 2.11. The lowest BCUT2D eigenvalue weighted by Crippen LogP contribution is -2.34. The van der Waals surface area contributed by atoms with Gasteiger partial charge in [-0.05, 0) is 44.1 Å². The first-order chi connectivity index (χ1) is 8.78. The van der Waals surface area contributed by atoms with Gasteiger partial charge in [-0.15, -0.1) is 0 Å². The van der Waals surface area contributed by atoms with E-state index < -0.39 is 0 Å². The van der Waals surface area contributed by atoms with Crippen LogP contribution in [0.5, 0.6) is 0 Å². The molecule has 0 aliphatic carbocycles. The number of nitrogens with zero attached hydrogens (tertiary/aromatic N) is 2. The van der Waals surface area contributed by atoms with Gasteiger partial charge >= 0.3 is 0 Å². The third-order valence-electron chi connectivity index (χ3n) is 3.20. The number of benzene rings is 1. The van der Waals surface area contributed by atoms with Crippen molar-refractivity contribution in [1.82, 2.24) is 4.90 Å². The van der Waals surface area contributed by atoms with Crippen molar-refractivity contribution in [3.05, 3.63) is 29.8 Å². The smallest absolute Gasteiger partial charge is 0.0992 e. The molecule has 0 saturated carbocycles. The molecule has 1 aliphatic heterocycles. The molecule has 0 aromatic heterocycles. The van der Waals surface area contributed by atoms with E-state index in [1.54, 1.807) is 12.1 Å². The third kappa shape index (κ3) is 3.73. The lowest BCUT2D eigenvalue weighted by molar-refractivity contribution is 0.135. The van der Waals surface area contributed by atoms with Crippen molar-refractivity contribution in [3.63, 3.8) is 0 Å². The summed E-state index contributed by atoms with van der Waals surface area (Å²) in [6, 6.07) is 9.41. The second-order valence-corrected chi connectivity index (χ2v) is 4.74. The van der Waals surface area contributed by atoms with Gasteiger partial charge in [0, 0.05) is 18.8 Å². The highest BCUT2D eigenvalue weighted by Crippen LogP contribution is 2.11. The third-order valence-corrected chi connectivity index (χ3v) is 3.20. The normalized spacial score (nSPS) is 17.3. The summed E-state index contributed by atoms with van der Waals surface area (Å²) in [5.74, 6) is 0. The monoisotopic (exact) mass is 245 g/mol. The molecule has 1 unspecified atom stereocenters. The topological polar surface area (TPSA) is 59.3 Å². The molecule has 1 aliphatic rings. The number of β-amino-alcohol motifs (C(OH)–C–C–N with tert-alkyl or cyclic N) is 1. The second kappa shape index (κ2) is 6.39. The van der Waals surface area contributed by atoms with Crippen LogP contribution in [0.25, 0.3) is 0 Å². The second-order valence-electron chi connectivity index (χ2n) is 4.74. The first kappa shape index (κ1) is 12.9. The molecule has 0 radical (unpaired) electrons. The van der Waals surface area contributed by atoms with E-state index in [2.05, 4.69) is 16.3 Å². The van der Waals surface area contributed by atoms with Crippen molar-refractivity contribution in [2.24, 2.45) is 0 Å². The lowest BCUT2D eigenvalue weighted by Gasteiger charge is -2.20. The summed E-state index contributed by atoms with van der Waals surface area (Å²) in [4.78, 5) is 2.29. The van der Waals surface area contributed by atoms with E-state index in [1.165, 1.54) is 12.8 Å². The molecular formula is C14H19N3O. The Kier molecular flexibility index (Phi) is 4.57. The molecule has 1 saturated heterocycles. The molecule has 4 heteroatoms. The van der Waals surface area contributed by atoms with Crippen LogP contribution in [-0.2, 0) is 0 Å². The van der Waals surface area contributed by atoms with Crippen molar-refractivity contribution in [2.45, 2.75) is 18.9 Å². The number of nitriles is 1. The molecular weight excluding hydrogens is 226 g/mol. The van der Waals surface area contributed by atoms with Crippen LogP contribution in [0.15, 0.2) is 24.3 Å². The lowest BCUT2D eigenvalue weighted by atomic mass is 10.2. The Morgan fingerprint density at radius 2 is 2.17 bits per heavy atom. The maximum atomic E-state index is 9.93. The number of anilines is 1. The minimum atomic E-state index is -0.367. The van der Waals surface area contributed by atoms with Gasteiger partial charge in [0.25, 0.3) is 0 Å². The zero-order valence-corrected chi connectivity index (χ0v) is 10.5. The molecule has 2 rings (SSSR count). The average Bonchev–Trinajstić information content (AvgIpc) is 2.89. The highest BCUT2D eigenvalue weighted by Gasteiger charge is 2.15. The SMILES string of the molecule is N#Cc1cccc(NCC(O)CN2CCCC2)c1. The molecule has 1 aromatic rings. The molecule has 0 amide bonds. The minimum Gasteiger partial charge on any atom is -0.390 e. The van der Waals surface area contributed by atoms with E-state index in [4.69, 9.17) is 5.26 Å². The van der Waals surface area contributed by atoms with Crippen LogP contribution in [0.1, 0.15) is 18.4 Å². The Balaban J connectivity index is 1.77. The van der Waals surface area contributed by atoms with Gasteiger partial charge in [-0.3, -0.25) is 0 Å². The average molecular weight is 245 g/mol. The number of aliphatic hydroxyl groups is 1. The maximum absolute atomic E-state index is 9.93. The molecule has 0 bridgehead atoms. The van der Waals surface area contributed by atoms with E-state index in [0.29, 0.717) is 12.1 Å². The van der Waals surface area contributed by atoms with Crippen LogP contribution >= 0.6 is 0 Å². The number of aliphatic hydroxyl groups excluding tert-OH is 1. The molecule has 1 fully saturated rings. The summed E-state index contributed by atoms with van der Waals surface area (Å²) in [5, 5.41) is 21.9. The molecule has 1 heterocycles. The van der Waals surface area contributed by atoms with E-state index >= 15 is 0 Å². The fourth-order valence-corrected chi connectivity index (χ4v) is 2.26. The highest BCUT2D eigenvalue weighted by atomic mass is 16.3. The van der Waals surface area contributed by atoms with Crippen LogP contribution in [0.4, 0.5) is 5.69 Å². The van der Waals surface area contributed by atoms with Gasteiger partial charge in [0.2, 0.25) is 0 Å². The summed E-state index contributed by atoms with van der Waals surface area (Å²) < 4.78 is 0. The number of nitrogens with one attached hydrogen (secondary N) is 1. The van der Waals surface area contributed by atoms with Crippen LogP contribution in [0.3, 0.4) is 0 Å². The predicted molar refractivity (Wildman–Crippen MR) is 71.3 cm³/mol. The van der Waals surface area contributed by atoms with Gasteiger partial charge in [-0.25, -0.2) is 0 Å². The van der Waals surface area contributed by atoms with E-state index in [0.717, 1.165) is 25.3 Å². The summed E-state index contributed by atoms with van der Waals surface area (Å²) in [6.45, 7) is 3.44. The fourth-order valence-electron chi connectivity index (χ4n) is 2.26. The van der Waals surface area contributed by atoms with Crippen molar-refractivity contribution in [3.8, 4) is 6.07 Å². The molecule has 1 atom stereocenters. The molecule has 2 N–H and O–H groups in total. The van der Waals surface area contributed by atoms with Crippen molar-refractivity contribution in [1.29, 1.82) is 5.26 Å². The summed E-state index contributed by atoms with van der Waals surface area (Å²) in [7, 11) is 0. The van der Waals surface area contributed by atoms with Gasteiger partial charge in [-0.2, -0.15) is 5.26 Å². The van der Waals surface area contributed by atoms with Gasteiger partial charge in [0.05, 0.1) is 17.7 Å². The Labute approximate surface area is 108 Å². The Morgan fingerprint density at radius 3 is 2.89 bits per heavy atom.